The van der Waals surface area contributed by atoms with Gasteiger partial charge in [0.15, 0.2) is 6.10 Å². The van der Waals surface area contributed by atoms with Crippen LogP contribution in [0.3, 0.4) is 0 Å². The molecule has 0 aliphatic rings. The minimum absolute atomic E-state index is 0.304. The number of carbonyl (C=O) groups excluding carboxylic acids is 1. The Balaban J connectivity index is 2.01. The van der Waals surface area contributed by atoms with E-state index in [2.05, 4.69) is 5.32 Å². The van der Waals surface area contributed by atoms with E-state index in [9.17, 15) is 14.3 Å². The summed E-state index contributed by atoms with van der Waals surface area (Å²) in [7, 11) is 0. The summed E-state index contributed by atoms with van der Waals surface area (Å²) < 4.78 is 13.3. The normalized spacial score (nSPS) is 12.7. The van der Waals surface area contributed by atoms with Crippen LogP contribution in [0.5, 0.6) is 0 Å². The van der Waals surface area contributed by atoms with Crippen LogP contribution in [-0.2, 0) is 10.2 Å². The van der Waals surface area contributed by atoms with Crippen LogP contribution in [-0.4, -0.2) is 17.6 Å². The van der Waals surface area contributed by atoms with Crippen molar-refractivity contribution in [3.63, 3.8) is 0 Å². The molecule has 116 valence electrons. The van der Waals surface area contributed by atoms with Gasteiger partial charge in [-0.15, -0.1) is 0 Å². The molecule has 3 nitrogen and oxygen atoms in total. The van der Waals surface area contributed by atoms with Crippen LogP contribution >= 0.6 is 0 Å². The van der Waals surface area contributed by atoms with E-state index in [1.54, 1.807) is 30.3 Å². The maximum Gasteiger partial charge on any atom is 0.253 e. The van der Waals surface area contributed by atoms with E-state index in [0.717, 1.165) is 5.56 Å². The molecule has 0 spiro atoms. The summed E-state index contributed by atoms with van der Waals surface area (Å²) in [4.78, 5) is 12.1. The Labute approximate surface area is 129 Å². The summed E-state index contributed by atoms with van der Waals surface area (Å²) in [6, 6.07) is 15.1. The van der Waals surface area contributed by atoms with Crippen LogP contribution in [0.25, 0.3) is 0 Å². The van der Waals surface area contributed by atoms with E-state index < -0.39 is 17.4 Å². The number of hydrogen-bond donors (Lipinski definition) is 2. The molecule has 1 atom stereocenters. The molecule has 0 saturated carbocycles. The monoisotopic (exact) mass is 301 g/mol. The van der Waals surface area contributed by atoms with Crippen molar-refractivity contribution in [2.75, 3.05) is 6.54 Å². The number of aliphatic hydroxyl groups excluding tert-OH is 1. The molecule has 1 amide bonds. The molecular formula is C18H20FNO2. The Hall–Kier alpha value is -2.20. The molecular weight excluding hydrogens is 281 g/mol. The van der Waals surface area contributed by atoms with Gasteiger partial charge in [0.2, 0.25) is 0 Å². The maximum absolute atomic E-state index is 13.3. The Morgan fingerprint density at radius 1 is 1.18 bits per heavy atom. The summed E-state index contributed by atoms with van der Waals surface area (Å²) in [5.74, 6) is -0.767. The van der Waals surface area contributed by atoms with Gasteiger partial charge < -0.3 is 10.4 Å². The van der Waals surface area contributed by atoms with Gasteiger partial charge in [0.05, 0.1) is 0 Å². The Bertz CT molecular complexity index is 641. The molecule has 0 aromatic heterocycles. The first-order valence-corrected chi connectivity index (χ1v) is 7.17. The lowest BCUT2D eigenvalue weighted by molar-refractivity contribution is -0.129. The number of benzene rings is 2. The fourth-order valence-corrected chi connectivity index (χ4v) is 2.20. The minimum Gasteiger partial charge on any atom is -0.378 e. The number of halogens is 1. The van der Waals surface area contributed by atoms with Crippen molar-refractivity contribution < 1.29 is 14.3 Å². The molecule has 2 rings (SSSR count). The highest BCUT2D eigenvalue weighted by molar-refractivity contribution is 5.82. The second-order valence-electron chi connectivity index (χ2n) is 5.93. The zero-order chi connectivity index (χ0) is 16.2. The average Bonchev–Trinajstić information content (AvgIpc) is 2.53. The zero-order valence-corrected chi connectivity index (χ0v) is 12.7. The van der Waals surface area contributed by atoms with Crippen LogP contribution in [0.1, 0.15) is 31.1 Å². The highest BCUT2D eigenvalue weighted by atomic mass is 19.1. The lowest BCUT2D eigenvalue weighted by atomic mass is 9.84. The van der Waals surface area contributed by atoms with Crippen molar-refractivity contribution in [2.24, 2.45) is 0 Å². The maximum atomic E-state index is 13.3. The van der Waals surface area contributed by atoms with Crippen molar-refractivity contribution in [2.45, 2.75) is 25.4 Å². The van der Waals surface area contributed by atoms with Crippen LogP contribution < -0.4 is 5.32 Å². The summed E-state index contributed by atoms with van der Waals surface area (Å²) in [5.41, 5.74) is 0.902. The summed E-state index contributed by atoms with van der Waals surface area (Å²) >= 11 is 0. The largest absolute Gasteiger partial charge is 0.378 e. The summed E-state index contributed by atoms with van der Waals surface area (Å²) in [5, 5.41) is 12.8. The molecule has 0 aliphatic heterocycles. The van der Waals surface area contributed by atoms with Gasteiger partial charge in [-0.2, -0.15) is 0 Å². The van der Waals surface area contributed by atoms with Gasteiger partial charge in [-0.3, -0.25) is 4.79 Å². The third-order valence-corrected chi connectivity index (χ3v) is 3.67. The molecule has 0 bridgehead atoms. The molecule has 2 aromatic carbocycles. The third-order valence-electron chi connectivity index (χ3n) is 3.67. The summed E-state index contributed by atoms with van der Waals surface area (Å²) in [6.07, 6.45) is -1.20. The SMILES string of the molecule is CC(C)(CNC(=O)C(O)c1ccccc1)c1cccc(F)c1. The van der Waals surface area contributed by atoms with Crippen molar-refractivity contribution in [3.05, 3.63) is 71.5 Å². The van der Waals surface area contributed by atoms with Crippen molar-refractivity contribution in [1.29, 1.82) is 0 Å². The van der Waals surface area contributed by atoms with Gasteiger partial charge in [0.1, 0.15) is 5.82 Å². The smallest absolute Gasteiger partial charge is 0.253 e. The second-order valence-corrected chi connectivity index (χ2v) is 5.93. The van der Waals surface area contributed by atoms with Crippen molar-refractivity contribution in [3.8, 4) is 0 Å². The zero-order valence-electron chi connectivity index (χ0n) is 12.7. The number of carbonyl (C=O) groups is 1. The molecule has 0 heterocycles. The molecule has 2 aromatic rings. The fourth-order valence-electron chi connectivity index (χ4n) is 2.20. The number of aliphatic hydroxyl groups is 1. The fraction of sp³-hybridized carbons (Fsp3) is 0.278. The van der Waals surface area contributed by atoms with Gasteiger partial charge in [-0.05, 0) is 23.3 Å². The molecule has 0 fully saturated rings. The number of rotatable bonds is 5. The molecule has 0 radical (unpaired) electrons. The molecule has 4 heteroatoms. The van der Waals surface area contributed by atoms with Gasteiger partial charge in [-0.1, -0.05) is 56.3 Å². The molecule has 0 aliphatic carbocycles. The summed E-state index contributed by atoms with van der Waals surface area (Å²) in [6.45, 7) is 4.13. The second kappa shape index (κ2) is 6.71. The van der Waals surface area contributed by atoms with Gasteiger partial charge >= 0.3 is 0 Å². The van der Waals surface area contributed by atoms with E-state index >= 15 is 0 Å². The van der Waals surface area contributed by atoms with Crippen molar-refractivity contribution >= 4 is 5.91 Å². The van der Waals surface area contributed by atoms with Crippen molar-refractivity contribution in [1.82, 2.24) is 5.32 Å². The van der Waals surface area contributed by atoms with Gasteiger partial charge in [0.25, 0.3) is 5.91 Å². The lowest BCUT2D eigenvalue weighted by Crippen LogP contribution is -2.39. The van der Waals surface area contributed by atoms with E-state index in [-0.39, 0.29) is 5.82 Å². The quantitative estimate of drug-likeness (QED) is 0.892. The number of nitrogens with one attached hydrogen (secondary N) is 1. The third kappa shape index (κ3) is 3.92. The first-order valence-electron chi connectivity index (χ1n) is 7.17. The van der Waals surface area contributed by atoms with Gasteiger partial charge in [0, 0.05) is 12.0 Å². The number of amides is 1. The van der Waals surface area contributed by atoms with E-state index in [0.29, 0.717) is 12.1 Å². The average molecular weight is 301 g/mol. The minimum atomic E-state index is -1.20. The number of hydrogen-bond acceptors (Lipinski definition) is 2. The first-order chi connectivity index (χ1) is 10.4. The van der Waals surface area contributed by atoms with E-state index in [1.807, 2.05) is 26.0 Å². The Morgan fingerprint density at radius 3 is 2.50 bits per heavy atom. The van der Waals surface area contributed by atoms with Crippen LogP contribution in [0.2, 0.25) is 0 Å². The van der Waals surface area contributed by atoms with E-state index in [4.69, 9.17) is 0 Å². The van der Waals surface area contributed by atoms with E-state index in [1.165, 1.54) is 12.1 Å². The van der Waals surface area contributed by atoms with Crippen LogP contribution in [0.15, 0.2) is 54.6 Å². The first kappa shape index (κ1) is 16.2. The molecule has 0 saturated heterocycles. The standard InChI is InChI=1S/C18H20FNO2/c1-18(2,14-9-6-10-15(19)11-14)12-20-17(22)16(21)13-7-4-3-5-8-13/h3-11,16,21H,12H2,1-2H3,(H,20,22). The Kier molecular flexibility index (Phi) is 4.93. The topological polar surface area (TPSA) is 49.3 Å². The molecule has 1 unspecified atom stereocenters. The van der Waals surface area contributed by atoms with Crippen LogP contribution in [0, 0.1) is 5.82 Å². The predicted octanol–water partition coefficient (Wildman–Crippen LogP) is 2.95. The Morgan fingerprint density at radius 2 is 1.86 bits per heavy atom. The molecule has 2 N–H and O–H groups in total. The molecule has 22 heavy (non-hydrogen) atoms. The highest BCUT2D eigenvalue weighted by Crippen LogP contribution is 2.23. The predicted molar refractivity (Wildman–Crippen MR) is 83.8 cm³/mol. The lowest BCUT2D eigenvalue weighted by Gasteiger charge is -2.26. The van der Waals surface area contributed by atoms with Gasteiger partial charge in [-0.25, -0.2) is 4.39 Å². The highest BCUT2D eigenvalue weighted by Gasteiger charge is 2.24. The van der Waals surface area contributed by atoms with Crippen LogP contribution in [0.4, 0.5) is 4.39 Å².